The van der Waals surface area contributed by atoms with Crippen molar-refractivity contribution in [3.8, 4) is 0 Å². The van der Waals surface area contributed by atoms with Crippen molar-refractivity contribution in [1.29, 1.82) is 4.78 Å². The number of nitrogens with one attached hydrogen (secondary N) is 1. The Hall–Kier alpha value is -0.780. The average Bonchev–Trinajstić information content (AvgIpc) is 2.68. The third kappa shape index (κ3) is 2.63. The van der Waals surface area contributed by atoms with Crippen LogP contribution in [-0.4, -0.2) is 44.4 Å². The average molecular weight is 274 g/mol. The molecule has 2 aliphatic rings. The summed E-state index contributed by atoms with van der Waals surface area (Å²) in [5.41, 5.74) is -0.886. The quantitative estimate of drug-likeness (QED) is 0.736. The molecule has 5 nitrogen and oxygen atoms in total. The van der Waals surface area contributed by atoms with Crippen molar-refractivity contribution in [2.75, 3.05) is 18.1 Å². The number of carbonyl (C=O) groups is 1. The molecule has 18 heavy (non-hydrogen) atoms. The lowest BCUT2D eigenvalue weighted by atomic mass is 9.96. The van der Waals surface area contributed by atoms with Gasteiger partial charge in [-0.2, -0.15) is 0 Å². The molecule has 0 radical (unpaired) electrons. The molecule has 2 aliphatic heterocycles. The number of nitrogens with zero attached hydrogens (tertiary/aromatic N) is 1. The van der Waals surface area contributed by atoms with Gasteiger partial charge in [-0.25, -0.2) is 9.00 Å². The van der Waals surface area contributed by atoms with E-state index in [9.17, 15) is 9.00 Å². The van der Waals surface area contributed by atoms with Crippen LogP contribution >= 0.6 is 0 Å². The molecule has 6 heteroatoms. The minimum atomic E-state index is -2.50. The zero-order valence-corrected chi connectivity index (χ0v) is 12.1. The van der Waals surface area contributed by atoms with Crippen LogP contribution in [0.25, 0.3) is 0 Å². The summed E-state index contributed by atoms with van der Waals surface area (Å²) in [6, 6.07) is 0. The molecule has 0 saturated carbocycles. The molecule has 104 valence electrons. The van der Waals surface area contributed by atoms with Crippen LogP contribution in [0, 0.1) is 4.78 Å². The number of ether oxygens (including phenoxy) is 1. The minimum absolute atomic E-state index is 0.319. The Morgan fingerprint density at radius 3 is 2.56 bits per heavy atom. The van der Waals surface area contributed by atoms with E-state index in [1.165, 1.54) is 0 Å². The van der Waals surface area contributed by atoms with Crippen LogP contribution in [0.3, 0.4) is 0 Å². The van der Waals surface area contributed by atoms with Gasteiger partial charge in [0.05, 0.1) is 11.3 Å². The summed E-state index contributed by atoms with van der Waals surface area (Å²) in [4.78, 5) is 13.9. The summed E-state index contributed by atoms with van der Waals surface area (Å²) in [5, 5.41) is 0. The summed E-state index contributed by atoms with van der Waals surface area (Å²) in [5.74, 6) is 0.728. The Kier molecular flexibility index (Phi) is 3.12. The van der Waals surface area contributed by atoms with Crippen LogP contribution in [0.15, 0.2) is 0 Å². The van der Waals surface area contributed by atoms with Gasteiger partial charge in [0, 0.05) is 22.0 Å². The van der Waals surface area contributed by atoms with Crippen molar-refractivity contribution in [1.82, 2.24) is 4.90 Å². The largest absolute Gasteiger partial charge is 0.444 e. The molecule has 1 N–H and O–H groups in total. The standard InChI is InChI=1S/C12H22N2O3S/c1-11(2,3)17-10(15)14-7-4-5-12(14)6-8-18(13,16)9-12/h13H,4-9H2,1-3H3. The van der Waals surface area contributed by atoms with Gasteiger partial charge in [0.25, 0.3) is 0 Å². The number of amides is 1. The van der Waals surface area contributed by atoms with Crippen molar-refractivity contribution in [2.45, 2.75) is 51.2 Å². The highest BCUT2D eigenvalue weighted by Crippen LogP contribution is 2.39. The molecule has 1 amide bonds. The van der Waals surface area contributed by atoms with Crippen molar-refractivity contribution in [3.05, 3.63) is 0 Å². The fourth-order valence-electron chi connectivity index (χ4n) is 2.88. The van der Waals surface area contributed by atoms with E-state index >= 15 is 0 Å². The molecule has 1 spiro atoms. The first-order valence-electron chi connectivity index (χ1n) is 6.38. The second-order valence-corrected chi connectivity index (χ2v) is 8.69. The molecule has 0 aromatic carbocycles. The van der Waals surface area contributed by atoms with E-state index in [4.69, 9.17) is 9.52 Å². The normalized spacial score (nSPS) is 36.3. The van der Waals surface area contributed by atoms with Gasteiger partial charge in [0.15, 0.2) is 0 Å². The smallest absolute Gasteiger partial charge is 0.410 e. The monoisotopic (exact) mass is 274 g/mol. The Labute approximate surface area is 109 Å². The lowest BCUT2D eigenvalue weighted by Gasteiger charge is -2.35. The summed E-state index contributed by atoms with van der Waals surface area (Å²) in [7, 11) is -2.50. The lowest BCUT2D eigenvalue weighted by Crippen LogP contribution is -2.49. The first-order chi connectivity index (χ1) is 8.14. The molecular formula is C12H22N2O3S. The minimum Gasteiger partial charge on any atom is -0.444 e. The third-order valence-corrected chi connectivity index (χ3v) is 5.48. The number of rotatable bonds is 0. The van der Waals surface area contributed by atoms with Gasteiger partial charge in [-0.05, 0) is 40.0 Å². The van der Waals surface area contributed by atoms with E-state index in [-0.39, 0.29) is 11.6 Å². The summed E-state index contributed by atoms with van der Waals surface area (Å²) < 4.78 is 25.0. The number of likely N-dealkylation sites (tertiary alicyclic amines) is 1. The Bertz CT molecular complexity index is 452. The topological polar surface area (TPSA) is 70.5 Å². The van der Waals surface area contributed by atoms with Gasteiger partial charge in [-0.3, -0.25) is 4.78 Å². The van der Waals surface area contributed by atoms with Crippen molar-refractivity contribution in [3.63, 3.8) is 0 Å². The summed E-state index contributed by atoms with van der Waals surface area (Å²) in [6.45, 7) is 6.19. The zero-order valence-electron chi connectivity index (χ0n) is 11.3. The number of hydrogen-bond acceptors (Lipinski definition) is 4. The van der Waals surface area contributed by atoms with E-state index in [2.05, 4.69) is 0 Å². The molecule has 2 atom stereocenters. The molecule has 2 saturated heterocycles. The van der Waals surface area contributed by atoms with E-state index in [0.717, 1.165) is 12.8 Å². The highest BCUT2D eigenvalue weighted by molar-refractivity contribution is 7.92. The van der Waals surface area contributed by atoms with Crippen LogP contribution in [0.5, 0.6) is 0 Å². The summed E-state index contributed by atoms with van der Waals surface area (Å²) in [6.07, 6.45) is 2.11. The fourth-order valence-corrected chi connectivity index (χ4v) is 5.05. The molecular weight excluding hydrogens is 252 g/mol. The molecule has 0 bridgehead atoms. The highest BCUT2D eigenvalue weighted by Gasteiger charge is 2.50. The first kappa shape index (κ1) is 13.6. The number of hydrogen-bond donors (Lipinski definition) is 1. The molecule has 2 unspecified atom stereocenters. The van der Waals surface area contributed by atoms with E-state index in [1.807, 2.05) is 20.8 Å². The molecule has 0 aromatic rings. The Morgan fingerprint density at radius 1 is 1.39 bits per heavy atom. The van der Waals surface area contributed by atoms with Crippen LogP contribution in [-0.2, 0) is 14.5 Å². The van der Waals surface area contributed by atoms with Gasteiger partial charge < -0.3 is 9.64 Å². The summed E-state index contributed by atoms with van der Waals surface area (Å²) >= 11 is 0. The predicted molar refractivity (Wildman–Crippen MR) is 70.1 cm³/mol. The third-order valence-electron chi connectivity index (χ3n) is 3.61. The van der Waals surface area contributed by atoms with Gasteiger partial charge in [-0.15, -0.1) is 0 Å². The second kappa shape index (κ2) is 4.11. The fraction of sp³-hybridized carbons (Fsp3) is 0.917. The van der Waals surface area contributed by atoms with Gasteiger partial charge in [0.2, 0.25) is 0 Å². The van der Waals surface area contributed by atoms with Crippen molar-refractivity contribution in [2.24, 2.45) is 0 Å². The van der Waals surface area contributed by atoms with Crippen LogP contribution in [0.2, 0.25) is 0 Å². The van der Waals surface area contributed by atoms with Crippen LogP contribution < -0.4 is 0 Å². The van der Waals surface area contributed by atoms with Gasteiger partial charge in [-0.1, -0.05) is 0 Å². The molecule has 0 aromatic heterocycles. The van der Waals surface area contributed by atoms with Crippen LogP contribution in [0.4, 0.5) is 4.79 Å². The second-order valence-electron chi connectivity index (χ2n) is 6.37. The highest BCUT2D eigenvalue weighted by atomic mass is 32.2. The molecule has 2 rings (SSSR count). The Morgan fingerprint density at radius 2 is 2.06 bits per heavy atom. The maximum absolute atomic E-state index is 12.2. The SMILES string of the molecule is CC(C)(C)OC(=O)N1CCCC12CCS(=N)(=O)C2. The van der Waals surface area contributed by atoms with Crippen molar-refractivity contribution >= 4 is 15.8 Å². The predicted octanol–water partition coefficient (Wildman–Crippen LogP) is 2.21. The first-order valence-corrected chi connectivity index (χ1v) is 8.28. The zero-order chi connectivity index (χ0) is 13.6. The van der Waals surface area contributed by atoms with Crippen LogP contribution in [0.1, 0.15) is 40.0 Å². The molecule has 2 fully saturated rings. The van der Waals surface area contributed by atoms with E-state index in [1.54, 1.807) is 4.90 Å². The van der Waals surface area contributed by atoms with E-state index < -0.39 is 15.3 Å². The Balaban J connectivity index is 2.16. The maximum Gasteiger partial charge on any atom is 0.410 e. The van der Waals surface area contributed by atoms with Crippen molar-refractivity contribution < 1.29 is 13.7 Å². The number of carbonyl (C=O) groups excluding carboxylic acids is 1. The van der Waals surface area contributed by atoms with Gasteiger partial charge >= 0.3 is 6.09 Å². The maximum atomic E-state index is 12.2. The van der Waals surface area contributed by atoms with E-state index in [0.29, 0.717) is 24.5 Å². The molecule has 2 heterocycles. The van der Waals surface area contributed by atoms with Gasteiger partial charge in [0.1, 0.15) is 5.60 Å². The molecule has 0 aliphatic carbocycles. The lowest BCUT2D eigenvalue weighted by molar-refractivity contribution is 0.0118.